The number of piperidine rings is 2. The van der Waals surface area contributed by atoms with Crippen molar-refractivity contribution in [3.05, 3.63) is 0 Å². The van der Waals surface area contributed by atoms with Crippen molar-refractivity contribution in [2.24, 2.45) is 11.3 Å². The third-order valence-corrected chi connectivity index (χ3v) is 8.63. The first-order chi connectivity index (χ1) is 16.7. The van der Waals surface area contributed by atoms with Gasteiger partial charge in [-0.05, 0) is 58.5 Å². The molecule has 198 valence electrons. The number of ether oxygens (including phenoxy) is 1. The summed E-state index contributed by atoms with van der Waals surface area (Å²) in [4.78, 5) is 39.9. The number of rotatable bonds is 9. The number of hydrogen-bond donors (Lipinski definition) is 2. The Kier molecular flexibility index (Phi) is 8.34. The minimum absolute atomic E-state index is 0.0755. The molecule has 0 aromatic heterocycles. The predicted octanol–water partition coefficient (Wildman–Crippen LogP) is 0.636. The fourth-order valence-electron chi connectivity index (χ4n) is 5.77. The molecule has 0 spiro atoms. The summed E-state index contributed by atoms with van der Waals surface area (Å²) in [5, 5.41) is 6.28. The molecule has 35 heavy (non-hydrogen) atoms. The average molecular weight is 516 g/mol. The zero-order valence-electron chi connectivity index (χ0n) is 20.3. The molecule has 4 rings (SSSR count). The van der Waals surface area contributed by atoms with E-state index in [1.54, 1.807) is 6.92 Å². The van der Waals surface area contributed by atoms with Crippen molar-refractivity contribution in [3.8, 4) is 0 Å². The monoisotopic (exact) mass is 515 g/mol. The number of hydrogen-bond acceptors (Lipinski definition) is 9. The van der Waals surface area contributed by atoms with Crippen molar-refractivity contribution in [2.75, 3.05) is 32.8 Å². The maximum absolute atomic E-state index is 13.1. The molecule has 3 aliphatic heterocycles. The Balaban J connectivity index is 1.36. The summed E-state index contributed by atoms with van der Waals surface area (Å²) in [6, 6.07) is -0.549. The number of nitrogens with one attached hydrogen (secondary N) is 2. The number of amides is 2. The molecule has 12 heteroatoms. The first-order valence-electron chi connectivity index (χ1n) is 12.8. The molecule has 4 fully saturated rings. The zero-order valence-corrected chi connectivity index (χ0v) is 21.1. The maximum atomic E-state index is 13.1. The predicted molar refractivity (Wildman–Crippen MR) is 124 cm³/mol. The number of esters is 1. The van der Waals surface area contributed by atoms with Crippen LogP contribution in [0, 0.1) is 11.3 Å². The van der Waals surface area contributed by atoms with Crippen LogP contribution in [0.25, 0.3) is 0 Å². The van der Waals surface area contributed by atoms with Gasteiger partial charge in [-0.15, -0.1) is 0 Å². The SMILES string of the molecule is CCOC(=O)C1(COS(=O)(=O)OC2C(=O)N3C[C@H]2CC[C@H]3C(=O)NC2CCNCC2)CCCCC1. The molecule has 3 atom stereocenters. The Hall–Kier alpha value is -1.76. The molecule has 1 saturated carbocycles. The minimum Gasteiger partial charge on any atom is -0.465 e. The van der Waals surface area contributed by atoms with Gasteiger partial charge in [0.15, 0.2) is 6.10 Å². The van der Waals surface area contributed by atoms with E-state index >= 15 is 0 Å². The highest BCUT2D eigenvalue weighted by Gasteiger charge is 2.52. The average Bonchev–Trinajstić information content (AvgIpc) is 3.08. The van der Waals surface area contributed by atoms with E-state index < -0.39 is 39.8 Å². The third-order valence-electron chi connectivity index (χ3n) is 7.78. The molecule has 2 amide bonds. The van der Waals surface area contributed by atoms with E-state index in [0.29, 0.717) is 25.7 Å². The van der Waals surface area contributed by atoms with E-state index in [-0.39, 0.29) is 37.6 Å². The van der Waals surface area contributed by atoms with Crippen LogP contribution in [0.1, 0.15) is 64.7 Å². The molecule has 2 N–H and O–H groups in total. The molecule has 3 saturated heterocycles. The summed E-state index contributed by atoms with van der Waals surface area (Å²) in [6.07, 6.45) is 4.89. The smallest absolute Gasteiger partial charge is 0.400 e. The third kappa shape index (κ3) is 5.98. The van der Waals surface area contributed by atoms with Gasteiger partial charge in [-0.2, -0.15) is 8.42 Å². The van der Waals surface area contributed by atoms with Crippen LogP contribution in [-0.4, -0.2) is 82.1 Å². The lowest BCUT2D eigenvalue weighted by atomic mass is 9.75. The minimum atomic E-state index is -4.55. The molecule has 11 nitrogen and oxygen atoms in total. The molecule has 2 bridgehead atoms. The van der Waals surface area contributed by atoms with Gasteiger partial charge in [-0.25, -0.2) is 8.37 Å². The van der Waals surface area contributed by atoms with Gasteiger partial charge in [-0.3, -0.25) is 14.4 Å². The Morgan fingerprint density at radius 2 is 1.83 bits per heavy atom. The number of fused-ring (bicyclic) bond motifs is 2. The standard InChI is InChI=1S/C23H37N3O8S/c1-2-32-22(29)23(10-4-3-5-11-23)15-33-35(30,31)34-19-16-6-7-18(26(14-16)21(19)28)20(27)25-17-8-12-24-13-9-17/h16-19,24H,2-15H2,1H3,(H,25,27)/t16-,18+,19?/m1/s1. The quantitative estimate of drug-likeness (QED) is 0.423. The van der Waals surface area contributed by atoms with Crippen LogP contribution >= 0.6 is 0 Å². The van der Waals surface area contributed by atoms with Crippen molar-refractivity contribution < 1.29 is 35.9 Å². The van der Waals surface area contributed by atoms with Gasteiger partial charge in [-0.1, -0.05) is 19.3 Å². The second-order valence-electron chi connectivity index (χ2n) is 10.1. The van der Waals surface area contributed by atoms with Crippen molar-refractivity contribution >= 4 is 28.2 Å². The highest BCUT2D eigenvalue weighted by molar-refractivity contribution is 7.81. The Bertz CT molecular complexity index is 898. The number of carbonyl (C=O) groups excluding carboxylic acids is 3. The van der Waals surface area contributed by atoms with Gasteiger partial charge in [0.2, 0.25) is 5.91 Å². The summed E-state index contributed by atoms with van der Waals surface area (Å²) >= 11 is 0. The fourth-order valence-corrected chi connectivity index (χ4v) is 6.69. The van der Waals surface area contributed by atoms with Crippen LogP contribution in [0.15, 0.2) is 0 Å². The maximum Gasteiger partial charge on any atom is 0.400 e. The van der Waals surface area contributed by atoms with Crippen molar-refractivity contribution in [1.82, 2.24) is 15.5 Å². The van der Waals surface area contributed by atoms with Gasteiger partial charge < -0.3 is 20.3 Å². The van der Waals surface area contributed by atoms with E-state index in [1.165, 1.54) is 4.90 Å². The highest BCUT2D eigenvalue weighted by atomic mass is 32.3. The molecule has 3 heterocycles. The van der Waals surface area contributed by atoms with Crippen LogP contribution in [0.5, 0.6) is 0 Å². The molecular formula is C23H37N3O8S. The molecule has 0 aromatic carbocycles. The molecule has 0 aromatic rings. The lowest BCUT2D eigenvalue weighted by molar-refractivity contribution is -0.160. The zero-order chi connectivity index (χ0) is 25.1. The fraction of sp³-hybridized carbons (Fsp3) is 0.870. The summed E-state index contributed by atoms with van der Waals surface area (Å²) in [5.74, 6) is -1.51. The van der Waals surface area contributed by atoms with Crippen molar-refractivity contribution in [2.45, 2.75) is 82.9 Å². The van der Waals surface area contributed by atoms with Gasteiger partial charge in [0.1, 0.15) is 6.04 Å². The second kappa shape index (κ2) is 11.1. The van der Waals surface area contributed by atoms with Crippen LogP contribution in [0.3, 0.4) is 0 Å². The van der Waals surface area contributed by atoms with Crippen LogP contribution in [0.2, 0.25) is 0 Å². The molecule has 0 radical (unpaired) electrons. The lowest BCUT2D eigenvalue weighted by Gasteiger charge is -2.34. The highest BCUT2D eigenvalue weighted by Crippen LogP contribution is 2.39. The first-order valence-corrected chi connectivity index (χ1v) is 14.1. The largest absolute Gasteiger partial charge is 0.465 e. The summed E-state index contributed by atoms with van der Waals surface area (Å²) in [5.41, 5.74) is -1.03. The van der Waals surface area contributed by atoms with Crippen LogP contribution < -0.4 is 10.6 Å². The van der Waals surface area contributed by atoms with E-state index in [4.69, 9.17) is 13.1 Å². The normalized spacial score (nSPS) is 29.1. The second-order valence-corrected chi connectivity index (χ2v) is 11.4. The van der Waals surface area contributed by atoms with E-state index in [1.807, 2.05) is 0 Å². The van der Waals surface area contributed by atoms with Gasteiger partial charge in [0.25, 0.3) is 5.91 Å². The Morgan fingerprint density at radius 1 is 1.11 bits per heavy atom. The van der Waals surface area contributed by atoms with E-state index in [0.717, 1.165) is 45.2 Å². The van der Waals surface area contributed by atoms with Crippen molar-refractivity contribution in [1.29, 1.82) is 0 Å². The van der Waals surface area contributed by atoms with Gasteiger partial charge >= 0.3 is 16.4 Å². The number of carbonyl (C=O) groups is 3. The number of nitrogens with zero attached hydrogens (tertiary/aromatic N) is 1. The van der Waals surface area contributed by atoms with Crippen LogP contribution in [-0.2, 0) is 37.9 Å². The van der Waals surface area contributed by atoms with Crippen LogP contribution in [0.4, 0.5) is 0 Å². The van der Waals surface area contributed by atoms with E-state index in [9.17, 15) is 22.8 Å². The molecule has 1 unspecified atom stereocenters. The van der Waals surface area contributed by atoms with E-state index in [2.05, 4.69) is 10.6 Å². The molecule has 1 aliphatic carbocycles. The van der Waals surface area contributed by atoms with Gasteiger partial charge in [0.05, 0.1) is 18.6 Å². The Morgan fingerprint density at radius 3 is 2.51 bits per heavy atom. The summed E-state index contributed by atoms with van der Waals surface area (Å²) in [7, 11) is -4.55. The van der Waals surface area contributed by atoms with Crippen molar-refractivity contribution in [3.63, 3.8) is 0 Å². The molecule has 4 aliphatic rings. The lowest BCUT2D eigenvalue weighted by Crippen LogP contribution is -2.53. The summed E-state index contributed by atoms with van der Waals surface area (Å²) in [6.45, 7) is 3.48. The first kappa shape index (κ1) is 26.3. The molecular weight excluding hydrogens is 478 g/mol. The summed E-state index contributed by atoms with van der Waals surface area (Å²) < 4.78 is 41.0. The Labute approximate surface area is 206 Å². The topological polar surface area (TPSA) is 140 Å². The van der Waals surface area contributed by atoms with Gasteiger partial charge in [0, 0.05) is 18.5 Å².